The van der Waals surface area contributed by atoms with Crippen molar-refractivity contribution in [2.24, 2.45) is 5.92 Å². The lowest BCUT2D eigenvalue weighted by molar-refractivity contribution is -0.147. The molecule has 0 aliphatic rings. The Hall–Kier alpha value is -2.49. The van der Waals surface area contributed by atoms with Crippen molar-refractivity contribution in [3.8, 4) is 0 Å². The van der Waals surface area contributed by atoms with Gasteiger partial charge in [-0.25, -0.2) is 13.4 Å². The third kappa shape index (κ3) is 5.37. The average molecular weight is 493 g/mol. The molecule has 0 saturated carbocycles. The number of nitrogens with zero attached hydrogens (tertiary/aromatic N) is 4. The molecule has 10 heteroatoms. The van der Waals surface area contributed by atoms with Crippen LogP contribution in [0.3, 0.4) is 0 Å². The van der Waals surface area contributed by atoms with E-state index < -0.39 is 22.0 Å². The summed E-state index contributed by atoms with van der Waals surface area (Å²) in [4.78, 5) is 21.1. The molecule has 1 aromatic carbocycles. The average Bonchev–Trinajstić information content (AvgIpc) is 3.07. The summed E-state index contributed by atoms with van der Waals surface area (Å²) in [5.74, 6) is 0.347. The summed E-state index contributed by atoms with van der Waals surface area (Å²) in [5, 5.41) is 0.316. The van der Waals surface area contributed by atoms with Crippen molar-refractivity contribution in [3.05, 3.63) is 53.1 Å². The van der Waals surface area contributed by atoms with Gasteiger partial charge in [-0.1, -0.05) is 31.5 Å². The van der Waals surface area contributed by atoms with Crippen molar-refractivity contribution in [2.75, 3.05) is 13.7 Å². The Bertz CT molecular complexity index is 1260. The number of hydrogen-bond donors (Lipinski definition) is 0. The molecule has 0 fully saturated rings. The lowest BCUT2D eigenvalue weighted by Crippen LogP contribution is -2.44. The number of esters is 1. The number of halogens is 1. The topological polar surface area (TPSA) is 94.4 Å². The fraction of sp³-hybridized carbons (Fsp3) is 0.435. The fourth-order valence-electron chi connectivity index (χ4n) is 3.70. The van der Waals surface area contributed by atoms with Crippen LogP contribution in [-0.4, -0.2) is 52.9 Å². The van der Waals surface area contributed by atoms with E-state index in [0.717, 1.165) is 26.7 Å². The van der Waals surface area contributed by atoms with Crippen LogP contribution in [0, 0.1) is 12.8 Å². The predicted octanol–water partition coefficient (Wildman–Crippen LogP) is 4.04. The van der Waals surface area contributed by atoms with Gasteiger partial charge in [0.2, 0.25) is 10.0 Å². The number of imidazole rings is 1. The number of ether oxygens (including phenoxy) is 1. The Morgan fingerprint density at radius 3 is 2.64 bits per heavy atom. The molecule has 0 amide bonds. The summed E-state index contributed by atoms with van der Waals surface area (Å²) in [7, 11) is -2.57. The lowest BCUT2D eigenvalue weighted by Gasteiger charge is -2.27. The van der Waals surface area contributed by atoms with Gasteiger partial charge in [0, 0.05) is 18.3 Å². The summed E-state index contributed by atoms with van der Waals surface area (Å²) >= 11 is 6.52. The maximum Gasteiger partial charge on any atom is 0.324 e. The Labute approximate surface area is 199 Å². The monoisotopic (exact) mass is 492 g/mol. The van der Waals surface area contributed by atoms with Crippen LogP contribution in [0.2, 0.25) is 5.02 Å². The van der Waals surface area contributed by atoms with Crippen LogP contribution >= 0.6 is 11.6 Å². The second-order valence-corrected chi connectivity index (χ2v) is 10.7. The van der Waals surface area contributed by atoms with Crippen LogP contribution in [0.15, 0.2) is 41.6 Å². The molecule has 0 radical (unpaired) electrons. The Morgan fingerprint density at radius 1 is 1.27 bits per heavy atom. The van der Waals surface area contributed by atoms with E-state index in [0.29, 0.717) is 18.0 Å². The van der Waals surface area contributed by atoms with Crippen LogP contribution in [0.25, 0.3) is 11.0 Å². The number of likely N-dealkylation sites (N-methyl/N-ethyl adjacent to an activating group) is 1. The SMILES string of the molecule is CCOC(=O)[C@H](CC(C)C)N(C)S(=O)(=O)c1ccc(Cn2c(C)nc3cnccc32)c(Cl)c1. The van der Waals surface area contributed by atoms with Gasteiger partial charge in [0.05, 0.1) is 29.8 Å². The zero-order valence-corrected chi connectivity index (χ0v) is 21.0. The van der Waals surface area contributed by atoms with Gasteiger partial charge in [0.15, 0.2) is 0 Å². The van der Waals surface area contributed by atoms with Gasteiger partial charge in [-0.15, -0.1) is 0 Å². The molecular weight excluding hydrogens is 464 g/mol. The maximum absolute atomic E-state index is 13.3. The Balaban J connectivity index is 1.91. The summed E-state index contributed by atoms with van der Waals surface area (Å²) in [6.45, 7) is 8.05. The van der Waals surface area contributed by atoms with E-state index in [1.165, 1.54) is 19.2 Å². The molecular formula is C23H29ClN4O4S. The van der Waals surface area contributed by atoms with E-state index in [1.54, 1.807) is 25.4 Å². The van der Waals surface area contributed by atoms with Gasteiger partial charge in [-0.2, -0.15) is 4.31 Å². The summed E-state index contributed by atoms with van der Waals surface area (Å²) in [5.41, 5.74) is 2.45. The number of benzene rings is 1. The third-order valence-corrected chi connectivity index (χ3v) is 7.68. The van der Waals surface area contributed by atoms with Crippen LogP contribution in [-0.2, 0) is 26.1 Å². The summed E-state index contributed by atoms with van der Waals surface area (Å²) in [6.07, 6.45) is 3.75. The second-order valence-electron chi connectivity index (χ2n) is 8.28. The van der Waals surface area contributed by atoms with Crippen LogP contribution in [0.5, 0.6) is 0 Å². The molecule has 0 spiro atoms. The molecule has 2 heterocycles. The largest absolute Gasteiger partial charge is 0.465 e. The molecule has 0 unspecified atom stereocenters. The zero-order valence-electron chi connectivity index (χ0n) is 19.4. The first-order valence-electron chi connectivity index (χ1n) is 10.8. The Kier molecular flexibility index (Phi) is 7.76. The molecule has 8 nitrogen and oxygen atoms in total. The van der Waals surface area contributed by atoms with Crippen molar-refractivity contribution in [1.82, 2.24) is 18.8 Å². The molecule has 0 aliphatic carbocycles. The minimum Gasteiger partial charge on any atom is -0.465 e. The van der Waals surface area contributed by atoms with E-state index in [4.69, 9.17) is 16.3 Å². The highest BCUT2D eigenvalue weighted by Crippen LogP contribution is 2.27. The van der Waals surface area contributed by atoms with Crippen molar-refractivity contribution in [2.45, 2.75) is 51.6 Å². The standard InChI is InChI=1S/C23H29ClN4O4S/c1-6-32-23(29)22(11-15(2)3)27(5)33(30,31)18-8-7-17(19(24)12-18)14-28-16(4)26-20-13-25-10-9-21(20)28/h7-10,12-13,15,22H,6,11,14H2,1-5H3/t22-/m0/s1. The van der Waals surface area contributed by atoms with Crippen molar-refractivity contribution in [3.63, 3.8) is 0 Å². The normalized spacial score (nSPS) is 13.1. The smallest absolute Gasteiger partial charge is 0.324 e. The number of sulfonamides is 1. The van der Waals surface area contributed by atoms with Crippen molar-refractivity contribution in [1.29, 1.82) is 0 Å². The maximum atomic E-state index is 13.3. The van der Waals surface area contributed by atoms with E-state index in [9.17, 15) is 13.2 Å². The van der Waals surface area contributed by atoms with E-state index >= 15 is 0 Å². The van der Waals surface area contributed by atoms with Crippen LogP contribution < -0.4 is 0 Å². The van der Waals surface area contributed by atoms with Gasteiger partial charge in [0.25, 0.3) is 0 Å². The van der Waals surface area contributed by atoms with E-state index in [-0.39, 0.29) is 17.4 Å². The molecule has 0 aliphatic heterocycles. The highest BCUT2D eigenvalue weighted by Gasteiger charge is 2.34. The number of pyridine rings is 1. The minimum absolute atomic E-state index is 0.0215. The Morgan fingerprint density at radius 2 is 2.00 bits per heavy atom. The molecule has 3 rings (SSSR count). The highest BCUT2D eigenvalue weighted by atomic mass is 35.5. The molecule has 0 bridgehead atoms. The van der Waals surface area contributed by atoms with Crippen LogP contribution in [0.4, 0.5) is 0 Å². The first kappa shape index (κ1) is 25.1. The highest BCUT2D eigenvalue weighted by molar-refractivity contribution is 7.89. The summed E-state index contributed by atoms with van der Waals surface area (Å²) < 4.78 is 34.8. The molecule has 2 aromatic heterocycles. The van der Waals surface area contributed by atoms with Crippen molar-refractivity contribution >= 4 is 38.6 Å². The van der Waals surface area contributed by atoms with Crippen LogP contribution in [0.1, 0.15) is 38.6 Å². The molecule has 1 atom stereocenters. The first-order valence-corrected chi connectivity index (χ1v) is 12.6. The number of hydrogen-bond acceptors (Lipinski definition) is 6. The second kappa shape index (κ2) is 10.2. The number of rotatable bonds is 9. The number of carbonyl (C=O) groups is 1. The van der Waals surface area contributed by atoms with Crippen molar-refractivity contribution < 1.29 is 17.9 Å². The number of aryl methyl sites for hydroxylation is 1. The quantitative estimate of drug-likeness (QED) is 0.418. The molecule has 33 heavy (non-hydrogen) atoms. The number of fused-ring (bicyclic) bond motifs is 1. The lowest BCUT2D eigenvalue weighted by atomic mass is 10.0. The van der Waals surface area contributed by atoms with Gasteiger partial charge < -0.3 is 9.30 Å². The first-order chi connectivity index (χ1) is 15.6. The number of aromatic nitrogens is 3. The zero-order chi connectivity index (χ0) is 24.3. The molecule has 0 saturated heterocycles. The molecule has 178 valence electrons. The third-order valence-electron chi connectivity index (χ3n) is 5.46. The van der Waals surface area contributed by atoms with Gasteiger partial charge >= 0.3 is 5.97 Å². The molecule has 3 aromatic rings. The van der Waals surface area contributed by atoms with Gasteiger partial charge in [-0.3, -0.25) is 9.78 Å². The summed E-state index contributed by atoms with van der Waals surface area (Å²) in [6, 6.07) is 5.59. The van der Waals surface area contributed by atoms with E-state index in [1.807, 2.05) is 31.4 Å². The minimum atomic E-state index is -3.97. The van der Waals surface area contributed by atoms with Gasteiger partial charge in [0.1, 0.15) is 17.4 Å². The van der Waals surface area contributed by atoms with E-state index in [2.05, 4.69) is 9.97 Å². The predicted molar refractivity (Wildman–Crippen MR) is 128 cm³/mol. The fourth-order valence-corrected chi connectivity index (χ4v) is 5.35. The molecule has 0 N–H and O–H groups in total. The number of carbonyl (C=O) groups excluding carboxylic acids is 1. The van der Waals surface area contributed by atoms with Gasteiger partial charge in [-0.05, 0) is 49.9 Å².